The van der Waals surface area contributed by atoms with Gasteiger partial charge >= 0.3 is 5.97 Å². The lowest BCUT2D eigenvalue weighted by atomic mass is 10.1. The van der Waals surface area contributed by atoms with Crippen LogP contribution in [0.15, 0.2) is 42.7 Å². The van der Waals surface area contributed by atoms with Gasteiger partial charge in [-0.05, 0) is 36.8 Å². The zero-order chi connectivity index (χ0) is 15.7. The fourth-order valence-electron chi connectivity index (χ4n) is 2.17. The lowest BCUT2D eigenvalue weighted by molar-refractivity contribution is 0.0691. The standard InChI is InChI=1S/C15H11FN4O2/c1-9-4-5-11(16)7-12(9)20-14(10-3-2-6-17-8-10)13(15(21)22)18-19-20/h2-8H,1H3,(H,21,22). The van der Waals surface area contributed by atoms with Crippen LogP contribution in [-0.4, -0.2) is 31.1 Å². The fraction of sp³-hybridized carbons (Fsp3) is 0.0667. The number of aromatic carboxylic acids is 1. The molecule has 7 heteroatoms. The Kier molecular flexibility index (Phi) is 3.38. The Morgan fingerprint density at radius 2 is 2.14 bits per heavy atom. The lowest BCUT2D eigenvalue weighted by Gasteiger charge is -2.09. The number of rotatable bonds is 3. The first kappa shape index (κ1) is 13.9. The zero-order valence-corrected chi connectivity index (χ0v) is 11.6. The molecule has 0 unspecified atom stereocenters. The summed E-state index contributed by atoms with van der Waals surface area (Å²) in [6.07, 6.45) is 3.09. The van der Waals surface area contributed by atoms with E-state index in [0.717, 1.165) is 5.56 Å². The smallest absolute Gasteiger partial charge is 0.358 e. The second-order valence-electron chi connectivity index (χ2n) is 4.68. The summed E-state index contributed by atoms with van der Waals surface area (Å²) in [5.74, 6) is -1.65. The van der Waals surface area contributed by atoms with E-state index in [0.29, 0.717) is 11.3 Å². The zero-order valence-electron chi connectivity index (χ0n) is 11.6. The van der Waals surface area contributed by atoms with Crippen LogP contribution < -0.4 is 0 Å². The molecule has 1 N–H and O–H groups in total. The highest BCUT2D eigenvalue weighted by Crippen LogP contribution is 2.26. The van der Waals surface area contributed by atoms with Gasteiger partial charge in [0, 0.05) is 18.0 Å². The van der Waals surface area contributed by atoms with Crippen molar-refractivity contribution in [2.24, 2.45) is 0 Å². The molecule has 2 aromatic heterocycles. The number of pyridine rings is 1. The molecule has 0 bridgehead atoms. The molecule has 0 radical (unpaired) electrons. The summed E-state index contributed by atoms with van der Waals surface area (Å²) >= 11 is 0. The predicted octanol–water partition coefficient (Wildman–Crippen LogP) is 2.48. The van der Waals surface area contributed by atoms with E-state index in [1.165, 1.54) is 23.0 Å². The SMILES string of the molecule is Cc1ccc(F)cc1-n1nnc(C(=O)O)c1-c1cccnc1. The minimum atomic E-state index is -1.21. The van der Waals surface area contributed by atoms with Crippen LogP contribution >= 0.6 is 0 Å². The molecule has 0 spiro atoms. The van der Waals surface area contributed by atoms with Crippen LogP contribution in [0, 0.1) is 12.7 Å². The van der Waals surface area contributed by atoms with Crippen molar-refractivity contribution in [3.63, 3.8) is 0 Å². The van der Waals surface area contributed by atoms with Crippen LogP contribution in [0.4, 0.5) is 4.39 Å². The van der Waals surface area contributed by atoms with Crippen molar-refractivity contribution in [1.82, 2.24) is 20.0 Å². The van der Waals surface area contributed by atoms with E-state index in [-0.39, 0.29) is 11.4 Å². The molecule has 0 aliphatic heterocycles. The normalized spacial score (nSPS) is 10.6. The molecule has 0 saturated heterocycles. The number of aromatic nitrogens is 4. The van der Waals surface area contributed by atoms with Gasteiger partial charge in [0.25, 0.3) is 0 Å². The Balaban J connectivity index is 2.30. The number of benzene rings is 1. The Morgan fingerprint density at radius 3 is 2.82 bits per heavy atom. The topological polar surface area (TPSA) is 80.9 Å². The highest BCUT2D eigenvalue weighted by molar-refractivity contribution is 5.93. The monoisotopic (exact) mass is 298 g/mol. The van der Waals surface area contributed by atoms with Crippen molar-refractivity contribution in [2.45, 2.75) is 6.92 Å². The molecule has 3 aromatic rings. The highest BCUT2D eigenvalue weighted by atomic mass is 19.1. The third kappa shape index (κ3) is 2.32. The second kappa shape index (κ2) is 5.36. The average Bonchev–Trinajstić information content (AvgIpc) is 2.95. The molecular formula is C15H11FN4O2. The van der Waals surface area contributed by atoms with Crippen molar-refractivity contribution >= 4 is 5.97 Å². The first-order chi connectivity index (χ1) is 10.6. The summed E-state index contributed by atoms with van der Waals surface area (Å²) in [6, 6.07) is 7.59. The van der Waals surface area contributed by atoms with Crippen molar-refractivity contribution < 1.29 is 14.3 Å². The molecule has 22 heavy (non-hydrogen) atoms. The quantitative estimate of drug-likeness (QED) is 0.803. The van der Waals surface area contributed by atoms with Gasteiger partial charge in [-0.25, -0.2) is 13.9 Å². The van der Waals surface area contributed by atoms with Gasteiger partial charge in [-0.1, -0.05) is 11.3 Å². The van der Waals surface area contributed by atoms with Gasteiger partial charge in [-0.2, -0.15) is 0 Å². The second-order valence-corrected chi connectivity index (χ2v) is 4.68. The molecule has 0 saturated carbocycles. The van der Waals surface area contributed by atoms with Crippen LogP contribution in [0.5, 0.6) is 0 Å². The van der Waals surface area contributed by atoms with Crippen LogP contribution in [0.25, 0.3) is 16.9 Å². The van der Waals surface area contributed by atoms with E-state index in [2.05, 4.69) is 15.3 Å². The van der Waals surface area contributed by atoms with Crippen LogP contribution in [0.1, 0.15) is 16.1 Å². The third-order valence-corrected chi connectivity index (χ3v) is 3.21. The van der Waals surface area contributed by atoms with E-state index in [4.69, 9.17) is 0 Å². The van der Waals surface area contributed by atoms with Crippen molar-refractivity contribution in [1.29, 1.82) is 0 Å². The van der Waals surface area contributed by atoms with Gasteiger partial charge in [-0.15, -0.1) is 5.10 Å². The predicted molar refractivity (Wildman–Crippen MR) is 76.2 cm³/mol. The molecule has 6 nitrogen and oxygen atoms in total. The van der Waals surface area contributed by atoms with Crippen LogP contribution in [-0.2, 0) is 0 Å². The van der Waals surface area contributed by atoms with Crippen LogP contribution in [0.2, 0.25) is 0 Å². The van der Waals surface area contributed by atoms with Crippen molar-refractivity contribution in [2.75, 3.05) is 0 Å². The van der Waals surface area contributed by atoms with Gasteiger partial charge in [-0.3, -0.25) is 4.98 Å². The molecule has 0 fully saturated rings. The summed E-state index contributed by atoms with van der Waals surface area (Å²) in [4.78, 5) is 15.4. The average molecular weight is 298 g/mol. The molecule has 2 heterocycles. The van der Waals surface area contributed by atoms with E-state index in [1.54, 1.807) is 31.3 Å². The Labute approximate surface area is 124 Å². The molecular weight excluding hydrogens is 287 g/mol. The number of aryl methyl sites for hydroxylation is 1. The summed E-state index contributed by atoms with van der Waals surface area (Å²) in [6.45, 7) is 1.78. The number of hydrogen-bond acceptors (Lipinski definition) is 4. The van der Waals surface area contributed by atoms with Crippen molar-refractivity contribution in [3.05, 3.63) is 59.8 Å². The number of nitrogens with zero attached hydrogens (tertiary/aromatic N) is 4. The van der Waals surface area contributed by atoms with Gasteiger partial charge in [0.05, 0.1) is 5.69 Å². The Morgan fingerprint density at radius 1 is 1.32 bits per heavy atom. The van der Waals surface area contributed by atoms with Gasteiger partial charge in [0.2, 0.25) is 0 Å². The maximum absolute atomic E-state index is 13.5. The minimum absolute atomic E-state index is 0.211. The molecule has 0 aliphatic carbocycles. The summed E-state index contributed by atoms with van der Waals surface area (Å²) in [5.41, 5.74) is 1.76. The third-order valence-electron chi connectivity index (χ3n) is 3.21. The first-order valence-electron chi connectivity index (χ1n) is 6.44. The number of carbonyl (C=O) groups is 1. The molecule has 0 amide bonds. The fourth-order valence-corrected chi connectivity index (χ4v) is 2.17. The van der Waals surface area contributed by atoms with E-state index in [9.17, 15) is 14.3 Å². The lowest BCUT2D eigenvalue weighted by Crippen LogP contribution is -2.05. The molecule has 110 valence electrons. The Hall–Kier alpha value is -3.09. The van der Waals surface area contributed by atoms with Gasteiger partial charge in [0.15, 0.2) is 5.69 Å². The Bertz CT molecular complexity index is 846. The van der Waals surface area contributed by atoms with Gasteiger partial charge in [0.1, 0.15) is 11.5 Å². The van der Waals surface area contributed by atoms with E-state index < -0.39 is 11.8 Å². The summed E-state index contributed by atoms with van der Waals surface area (Å²) in [5, 5.41) is 16.9. The molecule has 0 atom stereocenters. The minimum Gasteiger partial charge on any atom is -0.476 e. The summed E-state index contributed by atoms with van der Waals surface area (Å²) < 4.78 is 14.9. The summed E-state index contributed by atoms with van der Waals surface area (Å²) in [7, 11) is 0. The molecule has 1 aromatic carbocycles. The van der Waals surface area contributed by atoms with Crippen LogP contribution in [0.3, 0.4) is 0 Å². The van der Waals surface area contributed by atoms with Crippen molar-refractivity contribution in [3.8, 4) is 16.9 Å². The molecule has 0 aliphatic rings. The number of carboxylic acid groups (broad SMARTS) is 1. The van der Waals surface area contributed by atoms with E-state index >= 15 is 0 Å². The molecule has 3 rings (SSSR count). The highest BCUT2D eigenvalue weighted by Gasteiger charge is 2.22. The number of halogens is 1. The number of carboxylic acids is 1. The first-order valence-corrected chi connectivity index (χ1v) is 6.44. The van der Waals surface area contributed by atoms with Gasteiger partial charge < -0.3 is 5.11 Å². The largest absolute Gasteiger partial charge is 0.476 e. The maximum Gasteiger partial charge on any atom is 0.358 e. The number of hydrogen-bond donors (Lipinski definition) is 1. The van der Waals surface area contributed by atoms with E-state index in [1.807, 2.05) is 0 Å². The maximum atomic E-state index is 13.5.